The molecule has 1 aliphatic heterocycles. The van der Waals surface area contributed by atoms with Crippen LogP contribution in [0.4, 0.5) is 10.5 Å². The number of hydrogen-bond donors (Lipinski definition) is 2. The fraction of sp³-hybridized carbons (Fsp3) is 0.217. The number of benzene rings is 2. The van der Waals surface area contributed by atoms with Gasteiger partial charge in [0.25, 0.3) is 11.8 Å². The summed E-state index contributed by atoms with van der Waals surface area (Å²) in [6, 6.07) is 10.7. The maximum atomic E-state index is 13.1. The third-order valence-corrected chi connectivity index (χ3v) is 4.88. The van der Waals surface area contributed by atoms with Gasteiger partial charge in [0.1, 0.15) is 5.57 Å². The Hall–Kier alpha value is -4.14. The molecule has 0 aromatic heterocycles. The lowest BCUT2D eigenvalue weighted by Crippen LogP contribution is -2.54. The summed E-state index contributed by atoms with van der Waals surface area (Å²) in [5, 5.41) is 11.3. The van der Waals surface area contributed by atoms with Crippen LogP contribution in [0.1, 0.15) is 25.0 Å². The van der Waals surface area contributed by atoms with E-state index < -0.39 is 29.9 Å². The number of barbiturate groups is 1. The first-order valence-corrected chi connectivity index (χ1v) is 9.83. The molecule has 1 atom stereocenters. The molecule has 166 valence electrons. The lowest BCUT2D eigenvalue weighted by atomic mass is 10.0. The normalized spacial score (nSPS) is 16.0. The van der Waals surface area contributed by atoms with E-state index in [1.165, 1.54) is 26.2 Å². The molecule has 0 spiro atoms. The third kappa shape index (κ3) is 4.46. The zero-order chi connectivity index (χ0) is 23.4. The molecule has 0 unspecified atom stereocenters. The summed E-state index contributed by atoms with van der Waals surface area (Å²) in [6.07, 6.45) is 0.816. The summed E-state index contributed by atoms with van der Waals surface area (Å²) < 4.78 is 10.7. The predicted octanol–water partition coefficient (Wildman–Crippen LogP) is 2.78. The summed E-state index contributed by atoms with van der Waals surface area (Å²) in [5.41, 5.74) is 1.26. The van der Waals surface area contributed by atoms with Crippen LogP contribution in [-0.2, 0) is 20.8 Å². The topological polar surface area (TPSA) is 122 Å². The molecule has 4 amide bonds. The molecular formula is C23H22N2O7. The molecule has 1 fully saturated rings. The van der Waals surface area contributed by atoms with Gasteiger partial charge < -0.3 is 14.6 Å². The summed E-state index contributed by atoms with van der Waals surface area (Å²) in [7, 11) is 1.38. The van der Waals surface area contributed by atoms with E-state index >= 15 is 0 Å². The van der Waals surface area contributed by atoms with Crippen molar-refractivity contribution in [3.8, 4) is 11.5 Å². The van der Waals surface area contributed by atoms with E-state index in [0.29, 0.717) is 5.69 Å². The number of methoxy groups -OCH3 is 1. The van der Waals surface area contributed by atoms with Crippen molar-refractivity contribution in [2.75, 3.05) is 12.0 Å². The van der Waals surface area contributed by atoms with Gasteiger partial charge in [0.15, 0.2) is 17.6 Å². The number of nitrogens with zero attached hydrogens (tertiary/aromatic N) is 1. The Kier molecular flexibility index (Phi) is 6.58. The van der Waals surface area contributed by atoms with Crippen molar-refractivity contribution in [2.45, 2.75) is 26.4 Å². The van der Waals surface area contributed by atoms with Crippen LogP contribution in [0, 0.1) is 0 Å². The second-order valence-electron chi connectivity index (χ2n) is 6.95. The molecule has 9 nitrogen and oxygen atoms in total. The Labute approximate surface area is 184 Å². The zero-order valence-electron chi connectivity index (χ0n) is 17.7. The fourth-order valence-electron chi connectivity index (χ4n) is 3.09. The maximum Gasteiger partial charge on any atom is 0.344 e. The number of carbonyl (C=O) groups is 4. The minimum atomic E-state index is -1.21. The average Bonchev–Trinajstić information content (AvgIpc) is 2.77. The van der Waals surface area contributed by atoms with Crippen molar-refractivity contribution >= 4 is 35.6 Å². The lowest BCUT2D eigenvalue weighted by Gasteiger charge is -2.26. The van der Waals surface area contributed by atoms with Crippen LogP contribution in [0.15, 0.2) is 48.0 Å². The number of amides is 4. The molecule has 0 radical (unpaired) electrons. The minimum Gasteiger partial charge on any atom is -0.493 e. The number of urea groups is 1. The van der Waals surface area contributed by atoms with Gasteiger partial charge in [0, 0.05) is 5.56 Å². The van der Waals surface area contributed by atoms with Crippen LogP contribution < -0.4 is 19.7 Å². The van der Waals surface area contributed by atoms with Crippen LogP contribution in [0.2, 0.25) is 0 Å². The highest BCUT2D eigenvalue weighted by atomic mass is 16.5. The number of anilines is 1. The van der Waals surface area contributed by atoms with Gasteiger partial charge in [0.05, 0.1) is 12.8 Å². The Morgan fingerprint density at radius 3 is 2.44 bits per heavy atom. The Morgan fingerprint density at radius 1 is 1.16 bits per heavy atom. The lowest BCUT2D eigenvalue weighted by molar-refractivity contribution is -0.144. The molecule has 9 heteroatoms. The van der Waals surface area contributed by atoms with Crippen LogP contribution in [0.3, 0.4) is 0 Å². The summed E-state index contributed by atoms with van der Waals surface area (Å²) >= 11 is 0. The van der Waals surface area contributed by atoms with E-state index in [4.69, 9.17) is 9.47 Å². The van der Waals surface area contributed by atoms with Crippen molar-refractivity contribution in [1.82, 2.24) is 5.32 Å². The Morgan fingerprint density at radius 2 is 1.84 bits per heavy atom. The van der Waals surface area contributed by atoms with Gasteiger partial charge in [-0.1, -0.05) is 31.2 Å². The number of rotatable bonds is 7. The van der Waals surface area contributed by atoms with Gasteiger partial charge in [0.2, 0.25) is 0 Å². The highest BCUT2D eigenvalue weighted by molar-refractivity contribution is 6.39. The first-order valence-electron chi connectivity index (χ1n) is 9.83. The molecule has 0 saturated carbocycles. The van der Waals surface area contributed by atoms with Crippen LogP contribution >= 0.6 is 0 Å². The first-order chi connectivity index (χ1) is 15.3. The standard InChI is InChI=1S/C23H22N2O7/c1-4-14-8-10-16(11-9-14)25-21(27)17(20(26)24-23(25)30)12-15-6-5-7-18(31-3)19(15)32-13(2)22(28)29/h5-13H,4H2,1-3H3,(H,28,29)(H,24,26,30)/b17-12+/t13-/m1/s1. The molecule has 32 heavy (non-hydrogen) atoms. The van der Waals surface area contributed by atoms with Crippen molar-refractivity contribution < 1.29 is 33.8 Å². The van der Waals surface area contributed by atoms with Crippen molar-refractivity contribution in [3.05, 3.63) is 59.2 Å². The predicted molar refractivity (Wildman–Crippen MR) is 116 cm³/mol. The Balaban J connectivity index is 2.05. The SMILES string of the molecule is CCc1ccc(N2C(=O)NC(=O)/C(=C\c3cccc(OC)c3O[C@H](C)C(=O)O)C2=O)cc1. The quantitative estimate of drug-likeness (QED) is 0.503. The molecule has 3 rings (SSSR count). The zero-order valence-corrected chi connectivity index (χ0v) is 17.7. The van der Waals surface area contributed by atoms with Gasteiger partial charge in [-0.05, 0) is 43.2 Å². The monoisotopic (exact) mass is 438 g/mol. The third-order valence-electron chi connectivity index (χ3n) is 4.88. The number of carboxylic acids is 1. The summed E-state index contributed by atoms with van der Waals surface area (Å²) in [6.45, 7) is 3.32. The molecule has 1 heterocycles. The van der Waals surface area contributed by atoms with Gasteiger partial charge >= 0.3 is 12.0 Å². The minimum absolute atomic E-state index is 0.0498. The molecule has 2 aromatic carbocycles. The number of ether oxygens (including phenoxy) is 2. The van der Waals surface area contributed by atoms with Gasteiger partial charge in [-0.25, -0.2) is 14.5 Å². The number of nitrogens with one attached hydrogen (secondary N) is 1. The van der Waals surface area contributed by atoms with Gasteiger partial charge in [-0.3, -0.25) is 14.9 Å². The number of para-hydroxylation sites is 1. The van der Waals surface area contributed by atoms with E-state index in [-0.39, 0.29) is 22.6 Å². The number of carboxylic acid groups (broad SMARTS) is 1. The van der Waals surface area contributed by atoms with Crippen molar-refractivity contribution in [3.63, 3.8) is 0 Å². The molecule has 2 N–H and O–H groups in total. The highest BCUT2D eigenvalue weighted by Gasteiger charge is 2.37. The number of hydrogen-bond acceptors (Lipinski definition) is 6. The summed E-state index contributed by atoms with van der Waals surface area (Å²) in [5.74, 6) is -2.62. The van der Waals surface area contributed by atoms with E-state index in [2.05, 4.69) is 5.32 Å². The van der Waals surface area contributed by atoms with E-state index in [9.17, 15) is 24.3 Å². The molecular weight excluding hydrogens is 416 g/mol. The maximum absolute atomic E-state index is 13.1. The largest absolute Gasteiger partial charge is 0.493 e. The van der Waals surface area contributed by atoms with Gasteiger partial charge in [-0.15, -0.1) is 0 Å². The molecule has 2 aromatic rings. The molecule has 0 aliphatic carbocycles. The van der Waals surface area contributed by atoms with Crippen LogP contribution in [-0.4, -0.2) is 42.1 Å². The van der Waals surface area contributed by atoms with Crippen LogP contribution in [0.5, 0.6) is 11.5 Å². The molecule has 1 saturated heterocycles. The second kappa shape index (κ2) is 9.34. The van der Waals surface area contributed by atoms with E-state index in [0.717, 1.165) is 16.9 Å². The summed E-state index contributed by atoms with van der Waals surface area (Å²) in [4.78, 5) is 50.1. The second-order valence-corrected chi connectivity index (χ2v) is 6.95. The molecule has 1 aliphatic rings. The van der Waals surface area contributed by atoms with E-state index in [1.54, 1.807) is 36.4 Å². The average molecular weight is 438 g/mol. The highest BCUT2D eigenvalue weighted by Crippen LogP contribution is 2.34. The molecule has 0 bridgehead atoms. The smallest absolute Gasteiger partial charge is 0.344 e. The van der Waals surface area contributed by atoms with Gasteiger partial charge in [-0.2, -0.15) is 0 Å². The first kappa shape index (κ1) is 22.5. The van der Waals surface area contributed by atoms with Crippen LogP contribution in [0.25, 0.3) is 6.08 Å². The Bertz CT molecular complexity index is 1110. The number of carbonyl (C=O) groups excluding carboxylic acids is 3. The van der Waals surface area contributed by atoms with E-state index in [1.807, 2.05) is 6.92 Å². The van der Waals surface area contributed by atoms with Crippen molar-refractivity contribution in [2.24, 2.45) is 0 Å². The number of aryl methyl sites for hydroxylation is 1. The fourth-order valence-corrected chi connectivity index (χ4v) is 3.09. The number of aliphatic carboxylic acids is 1. The van der Waals surface area contributed by atoms with Crippen molar-refractivity contribution in [1.29, 1.82) is 0 Å². The number of imide groups is 2.